The molecule has 0 amide bonds. The lowest BCUT2D eigenvalue weighted by molar-refractivity contribution is 0.447. The highest BCUT2D eigenvalue weighted by Gasteiger charge is 2.68. The third kappa shape index (κ3) is 1.76. The van der Waals surface area contributed by atoms with Crippen molar-refractivity contribution < 1.29 is 8.42 Å². The number of pyridine rings is 1. The predicted molar refractivity (Wildman–Crippen MR) is 97.6 cm³/mol. The molecule has 4 rings (SSSR count). The third-order valence-electron chi connectivity index (χ3n) is 4.93. The molecule has 1 aromatic carbocycles. The van der Waals surface area contributed by atoms with Gasteiger partial charge in [0, 0.05) is 12.1 Å². The minimum absolute atomic E-state index is 0.290. The van der Waals surface area contributed by atoms with Crippen LogP contribution in [0.15, 0.2) is 52.5 Å². The lowest BCUT2D eigenvalue weighted by atomic mass is 9.81. The molecule has 2 atom stereocenters. The fourth-order valence-corrected chi connectivity index (χ4v) is 8.03. The molecule has 0 spiro atoms. The lowest BCUT2D eigenvalue weighted by Crippen LogP contribution is -2.41. The number of aromatic nitrogens is 1. The van der Waals surface area contributed by atoms with Gasteiger partial charge >= 0.3 is 0 Å². The second-order valence-electron chi connectivity index (χ2n) is 6.88. The van der Waals surface area contributed by atoms with Crippen LogP contribution >= 0.6 is 15.9 Å². The Hall–Kier alpha value is -1.53. The highest BCUT2D eigenvalue weighted by molar-refractivity contribution is 9.12. The van der Waals surface area contributed by atoms with Gasteiger partial charge in [-0.2, -0.15) is 0 Å². The van der Waals surface area contributed by atoms with Gasteiger partial charge in [0.1, 0.15) is 0 Å². The van der Waals surface area contributed by atoms with Crippen LogP contribution in [0.5, 0.6) is 0 Å². The van der Waals surface area contributed by atoms with Crippen LogP contribution in [0.3, 0.4) is 0 Å². The van der Waals surface area contributed by atoms with Crippen LogP contribution in [0.4, 0.5) is 0 Å². The summed E-state index contributed by atoms with van der Waals surface area (Å²) < 4.78 is 25.8. The fourth-order valence-electron chi connectivity index (χ4n) is 4.04. The second-order valence-corrected chi connectivity index (χ2v) is 10.7. The minimum Gasteiger partial charge on any atom is -0.280 e. The van der Waals surface area contributed by atoms with Crippen LogP contribution in [0.1, 0.15) is 36.6 Å². The van der Waals surface area contributed by atoms with E-state index in [-0.39, 0.29) is 5.92 Å². The molecule has 2 aliphatic heterocycles. The summed E-state index contributed by atoms with van der Waals surface area (Å²) in [7, 11) is -3.66. The van der Waals surface area contributed by atoms with E-state index in [2.05, 4.69) is 20.9 Å². The summed E-state index contributed by atoms with van der Waals surface area (Å²) in [6.45, 7) is 5.73. The molecular weight excluding hydrogens is 388 g/mol. The average Bonchev–Trinajstić information content (AvgIpc) is 2.86. The zero-order valence-electron chi connectivity index (χ0n) is 13.6. The molecule has 0 saturated carbocycles. The molecule has 0 bridgehead atoms. The van der Waals surface area contributed by atoms with Crippen molar-refractivity contribution >= 4 is 31.5 Å². The Morgan fingerprint density at radius 3 is 2.46 bits per heavy atom. The van der Waals surface area contributed by atoms with Crippen LogP contribution in [-0.4, -0.2) is 28.3 Å². The van der Waals surface area contributed by atoms with Gasteiger partial charge in [-0.15, -0.1) is 0 Å². The maximum absolute atomic E-state index is 13.5. The Bertz CT molecular complexity index is 983. The van der Waals surface area contributed by atoms with Gasteiger partial charge in [-0.25, -0.2) is 8.42 Å². The Morgan fingerprint density at radius 1 is 1.12 bits per heavy atom. The van der Waals surface area contributed by atoms with Gasteiger partial charge in [-0.05, 0) is 38.0 Å². The molecule has 0 radical (unpaired) electrons. The maximum Gasteiger partial charge on any atom is 0.202 e. The predicted octanol–water partition coefficient (Wildman–Crippen LogP) is 3.63. The summed E-state index contributed by atoms with van der Waals surface area (Å²) in [6, 6.07) is 11.3. The van der Waals surface area contributed by atoms with E-state index >= 15 is 0 Å². The Balaban J connectivity index is 2.08. The van der Waals surface area contributed by atoms with Crippen molar-refractivity contribution in [3.8, 4) is 0 Å². The van der Waals surface area contributed by atoms with E-state index in [1.807, 2.05) is 50.2 Å². The van der Waals surface area contributed by atoms with E-state index in [4.69, 9.17) is 4.99 Å². The number of aliphatic imine (C=N–C) groups is 1. The standard InChI is InChI=1S/C18H17BrN2O2S/c1-11-14-13(9-10-20-11)15-17(2,3)21-16(12-7-5-4-6-8-12)18(15,19)24(14,22)23/h4-10,15H,1-3H3. The molecule has 0 fully saturated rings. The number of nitrogens with zero attached hydrogens (tertiary/aromatic N) is 2. The van der Waals surface area contributed by atoms with Crippen molar-refractivity contribution in [3.63, 3.8) is 0 Å². The molecule has 1 aromatic heterocycles. The Morgan fingerprint density at radius 2 is 1.79 bits per heavy atom. The molecule has 124 valence electrons. The summed E-state index contributed by atoms with van der Waals surface area (Å²) in [5, 5.41) is 0. The number of alkyl halides is 1. The fraction of sp³-hybridized carbons (Fsp3) is 0.333. The van der Waals surface area contributed by atoms with Crippen molar-refractivity contribution in [3.05, 3.63) is 59.4 Å². The molecular formula is C18H17BrN2O2S. The summed E-state index contributed by atoms with van der Waals surface area (Å²) >= 11 is 3.64. The summed E-state index contributed by atoms with van der Waals surface area (Å²) in [5.41, 5.74) is 2.21. The molecule has 24 heavy (non-hydrogen) atoms. The van der Waals surface area contributed by atoms with E-state index in [1.165, 1.54) is 0 Å². The highest BCUT2D eigenvalue weighted by Crippen LogP contribution is 2.62. The number of sulfone groups is 1. The maximum atomic E-state index is 13.5. The van der Waals surface area contributed by atoms with E-state index in [0.717, 1.165) is 11.1 Å². The molecule has 2 aromatic rings. The molecule has 3 heterocycles. The van der Waals surface area contributed by atoms with E-state index in [9.17, 15) is 8.42 Å². The van der Waals surface area contributed by atoms with Crippen LogP contribution < -0.4 is 0 Å². The summed E-state index contributed by atoms with van der Waals surface area (Å²) in [6.07, 6.45) is 1.68. The van der Waals surface area contributed by atoms with Gasteiger partial charge in [0.2, 0.25) is 9.84 Å². The van der Waals surface area contributed by atoms with Crippen molar-refractivity contribution in [2.24, 2.45) is 4.99 Å². The number of halogens is 1. The minimum atomic E-state index is -3.66. The first-order chi connectivity index (χ1) is 11.2. The van der Waals surface area contributed by atoms with E-state index < -0.39 is 19.0 Å². The zero-order chi connectivity index (χ0) is 17.3. The van der Waals surface area contributed by atoms with Crippen molar-refractivity contribution in [1.82, 2.24) is 4.98 Å². The highest BCUT2D eigenvalue weighted by atomic mass is 79.9. The molecule has 0 N–H and O–H groups in total. The number of aryl methyl sites for hydroxylation is 1. The number of rotatable bonds is 1. The average molecular weight is 405 g/mol. The number of hydrogen-bond acceptors (Lipinski definition) is 4. The summed E-state index contributed by atoms with van der Waals surface area (Å²) in [4.78, 5) is 9.40. The monoisotopic (exact) mass is 404 g/mol. The van der Waals surface area contributed by atoms with Crippen LogP contribution in [0, 0.1) is 6.92 Å². The first-order valence-electron chi connectivity index (χ1n) is 7.76. The van der Waals surface area contributed by atoms with Crippen LogP contribution in [0.25, 0.3) is 0 Å². The van der Waals surface area contributed by atoms with Gasteiger partial charge in [-0.3, -0.25) is 9.98 Å². The Labute approximate surface area is 150 Å². The van der Waals surface area contributed by atoms with Gasteiger partial charge in [0.25, 0.3) is 0 Å². The molecule has 6 heteroatoms. The largest absolute Gasteiger partial charge is 0.280 e. The van der Waals surface area contributed by atoms with Crippen LogP contribution in [-0.2, 0) is 9.84 Å². The molecule has 2 unspecified atom stereocenters. The smallest absolute Gasteiger partial charge is 0.202 e. The SMILES string of the molecule is Cc1nccc2c1S(=O)(=O)C1(Br)C(c3ccccc3)=NC(C)(C)C21. The molecule has 4 nitrogen and oxygen atoms in total. The van der Waals surface area contributed by atoms with Gasteiger partial charge in [0.05, 0.1) is 21.8 Å². The van der Waals surface area contributed by atoms with E-state index in [1.54, 1.807) is 13.1 Å². The topological polar surface area (TPSA) is 59.4 Å². The lowest BCUT2D eigenvalue weighted by Gasteiger charge is -2.29. The molecule has 0 saturated heterocycles. The Kier molecular flexibility index (Phi) is 3.17. The van der Waals surface area contributed by atoms with Gasteiger partial charge < -0.3 is 0 Å². The van der Waals surface area contributed by atoms with Crippen molar-refractivity contribution in [2.45, 2.75) is 40.8 Å². The van der Waals surface area contributed by atoms with Crippen molar-refractivity contribution in [1.29, 1.82) is 0 Å². The first kappa shape index (κ1) is 16.0. The quantitative estimate of drug-likeness (QED) is 0.681. The normalized spacial score (nSPS) is 29.0. The van der Waals surface area contributed by atoms with E-state index in [0.29, 0.717) is 16.3 Å². The number of fused-ring (bicyclic) bond motifs is 3. The van der Waals surface area contributed by atoms with Gasteiger partial charge in [-0.1, -0.05) is 46.3 Å². The zero-order valence-corrected chi connectivity index (χ0v) is 16.0. The van der Waals surface area contributed by atoms with Crippen molar-refractivity contribution in [2.75, 3.05) is 0 Å². The first-order valence-corrected chi connectivity index (χ1v) is 10.0. The second kappa shape index (κ2) is 4.76. The summed E-state index contributed by atoms with van der Waals surface area (Å²) in [5.74, 6) is -0.290. The van der Waals surface area contributed by atoms with Crippen LogP contribution in [0.2, 0.25) is 0 Å². The number of hydrogen-bond donors (Lipinski definition) is 0. The molecule has 0 aliphatic carbocycles. The third-order valence-corrected chi connectivity index (χ3v) is 9.32. The van der Waals surface area contributed by atoms with Gasteiger partial charge in [0.15, 0.2) is 3.66 Å². The number of benzene rings is 1. The molecule has 2 aliphatic rings.